The lowest BCUT2D eigenvalue weighted by Gasteiger charge is -2.36. The summed E-state index contributed by atoms with van der Waals surface area (Å²) in [7, 11) is 2.02. The fourth-order valence-electron chi connectivity index (χ4n) is 2.66. The monoisotopic (exact) mass is 199 g/mol. The van der Waals surface area contributed by atoms with Gasteiger partial charge >= 0.3 is 0 Å². The van der Waals surface area contributed by atoms with E-state index in [4.69, 9.17) is 9.47 Å². The maximum absolute atomic E-state index is 5.75. The minimum absolute atomic E-state index is 0.184. The van der Waals surface area contributed by atoms with Gasteiger partial charge in [-0.25, -0.2) is 0 Å². The van der Waals surface area contributed by atoms with E-state index in [0.29, 0.717) is 0 Å². The van der Waals surface area contributed by atoms with Crippen LogP contribution in [0.3, 0.4) is 0 Å². The van der Waals surface area contributed by atoms with Gasteiger partial charge in [-0.15, -0.1) is 0 Å². The van der Waals surface area contributed by atoms with Gasteiger partial charge in [0, 0.05) is 12.8 Å². The normalized spacial score (nSPS) is 31.1. The third-order valence-electron chi connectivity index (χ3n) is 3.39. The van der Waals surface area contributed by atoms with Gasteiger partial charge in [0.25, 0.3) is 0 Å². The van der Waals surface area contributed by atoms with Crippen molar-refractivity contribution in [1.82, 2.24) is 5.32 Å². The largest absolute Gasteiger partial charge is 0.348 e. The van der Waals surface area contributed by atoms with Gasteiger partial charge in [0.2, 0.25) is 0 Å². The summed E-state index contributed by atoms with van der Waals surface area (Å²) in [5, 5.41) is 3.21. The van der Waals surface area contributed by atoms with Crippen LogP contribution in [-0.4, -0.2) is 32.6 Å². The van der Waals surface area contributed by atoms with E-state index >= 15 is 0 Å². The van der Waals surface area contributed by atoms with Gasteiger partial charge in [-0.2, -0.15) is 0 Å². The highest BCUT2D eigenvalue weighted by atomic mass is 16.7. The average Bonchev–Trinajstić information content (AvgIpc) is 2.63. The molecule has 1 aliphatic heterocycles. The van der Waals surface area contributed by atoms with E-state index in [0.717, 1.165) is 38.5 Å². The Bertz CT molecular complexity index is 178. The molecular formula is C11H21NO2. The maximum Gasteiger partial charge on any atom is 0.168 e. The van der Waals surface area contributed by atoms with Gasteiger partial charge in [-0.1, -0.05) is 6.42 Å². The number of hydrogen-bond acceptors (Lipinski definition) is 3. The molecule has 1 spiro atoms. The standard InChI is InChI=1S/C11H21NO2/c1-12-6-4-10-3-2-5-11(9-10)13-7-8-14-11/h10,12H,2-9H2,1H3. The van der Waals surface area contributed by atoms with E-state index in [9.17, 15) is 0 Å². The number of nitrogens with one attached hydrogen (secondary N) is 1. The molecule has 0 aromatic rings. The lowest BCUT2D eigenvalue weighted by Crippen LogP contribution is -2.37. The molecular weight excluding hydrogens is 178 g/mol. The molecule has 0 radical (unpaired) electrons. The molecule has 0 aromatic heterocycles. The molecule has 1 saturated heterocycles. The summed E-state index contributed by atoms with van der Waals surface area (Å²) < 4.78 is 11.5. The molecule has 1 heterocycles. The van der Waals surface area contributed by atoms with Crippen LogP contribution in [0.1, 0.15) is 32.1 Å². The van der Waals surface area contributed by atoms with Gasteiger partial charge in [-0.3, -0.25) is 0 Å². The quantitative estimate of drug-likeness (QED) is 0.747. The van der Waals surface area contributed by atoms with Crippen molar-refractivity contribution in [3.63, 3.8) is 0 Å². The van der Waals surface area contributed by atoms with Crippen LogP contribution in [0.2, 0.25) is 0 Å². The molecule has 14 heavy (non-hydrogen) atoms. The fraction of sp³-hybridized carbons (Fsp3) is 1.00. The molecule has 1 saturated carbocycles. The minimum Gasteiger partial charge on any atom is -0.348 e. The molecule has 1 unspecified atom stereocenters. The Kier molecular flexibility index (Phi) is 3.42. The van der Waals surface area contributed by atoms with Crippen LogP contribution in [0.25, 0.3) is 0 Å². The zero-order valence-electron chi connectivity index (χ0n) is 9.05. The molecule has 2 rings (SSSR count). The highest BCUT2D eigenvalue weighted by molar-refractivity contribution is 4.83. The van der Waals surface area contributed by atoms with E-state index in [1.807, 2.05) is 7.05 Å². The van der Waals surface area contributed by atoms with Crippen LogP contribution in [0.5, 0.6) is 0 Å². The van der Waals surface area contributed by atoms with E-state index in [-0.39, 0.29) is 5.79 Å². The molecule has 0 bridgehead atoms. The van der Waals surface area contributed by atoms with Crippen LogP contribution < -0.4 is 5.32 Å². The van der Waals surface area contributed by atoms with Crippen LogP contribution in [0.15, 0.2) is 0 Å². The molecule has 0 aromatic carbocycles. The zero-order chi connectivity index (χ0) is 9.86. The molecule has 1 aliphatic carbocycles. The second-order valence-electron chi connectivity index (χ2n) is 4.46. The zero-order valence-corrected chi connectivity index (χ0v) is 9.05. The molecule has 82 valence electrons. The summed E-state index contributed by atoms with van der Waals surface area (Å²) >= 11 is 0. The summed E-state index contributed by atoms with van der Waals surface area (Å²) in [4.78, 5) is 0. The van der Waals surface area contributed by atoms with Crippen LogP contribution in [0.4, 0.5) is 0 Å². The first-order chi connectivity index (χ1) is 6.85. The van der Waals surface area contributed by atoms with Crippen LogP contribution >= 0.6 is 0 Å². The Morgan fingerprint density at radius 1 is 1.36 bits per heavy atom. The number of ether oxygens (including phenoxy) is 2. The molecule has 2 fully saturated rings. The lowest BCUT2D eigenvalue weighted by molar-refractivity contribution is -0.187. The Balaban J connectivity index is 1.83. The predicted molar refractivity (Wildman–Crippen MR) is 55.1 cm³/mol. The number of hydrogen-bond donors (Lipinski definition) is 1. The first kappa shape index (κ1) is 10.4. The SMILES string of the molecule is CNCCC1CCCC2(C1)OCCO2. The Labute approximate surface area is 86.2 Å². The highest BCUT2D eigenvalue weighted by Crippen LogP contribution is 2.39. The minimum atomic E-state index is -0.184. The molecule has 3 heteroatoms. The summed E-state index contributed by atoms with van der Waals surface area (Å²) in [5.74, 6) is 0.603. The van der Waals surface area contributed by atoms with Gasteiger partial charge in [-0.05, 0) is 32.4 Å². The molecule has 3 nitrogen and oxygen atoms in total. The van der Waals surface area contributed by atoms with Crippen molar-refractivity contribution < 1.29 is 9.47 Å². The molecule has 1 N–H and O–H groups in total. The third-order valence-corrected chi connectivity index (χ3v) is 3.39. The highest BCUT2D eigenvalue weighted by Gasteiger charge is 2.40. The van der Waals surface area contributed by atoms with Crippen molar-refractivity contribution in [3.05, 3.63) is 0 Å². The predicted octanol–water partition coefficient (Wildman–Crippen LogP) is 1.53. The van der Waals surface area contributed by atoms with Gasteiger partial charge < -0.3 is 14.8 Å². The third kappa shape index (κ3) is 2.27. The Morgan fingerprint density at radius 3 is 2.86 bits per heavy atom. The maximum atomic E-state index is 5.75. The Morgan fingerprint density at radius 2 is 2.14 bits per heavy atom. The van der Waals surface area contributed by atoms with Crippen molar-refractivity contribution >= 4 is 0 Å². The summed E-state index contributed by atoms with van der Waals surface area (Å²) in [5.41, 5.74) is 0. The number of rotatable bonds is 3. The van der Waals surface area contributed by atoms with Gasteiger partial charge in [0.15, 0.2) is 5.79 Å². The Hall–Kier alpha value is -0.120. The van der Waals surface area contributed by atoms with E-state index < -0.39 is 0 Å². The summed E-state index contributed by atoms with van der Waals surface area (Å²) in [6, 6.07) is 0. The first-order valence-electron chi connectivity index (χ1n) is 5.77. The van der Waals surface area contributed by atoms with Crippen molar-refractivity contribution in [3.8, 4) is 0 Å². The van der Waals surface area contributed by atoms with E-state index in [2.05, 4.69) is 5.32 Å². The first-order valence-corrected chi connectivity index (χ1v) is 5.77. The topological polar surface area (TPSA) is 30.5 Å². The average molecular weight is 199 g/mol. The summed E-state index contributed by atoms with van der Waals surface area (Å²) in [6.07, 6.45) is 6.06. The lowest BCUT2D eigenvalue weighted by atomic mass is 9.83. The van der Waals surface area contributed by atoms with Crippen molar-refractivity contribution in [1.29, 1.82) is 0 Å². The van der Waals surface area contributed by atoms with Gasteiger partial charge in [0.1, 0.15) is 0 Å². The fourth-order valence-corrected chi connectivity index (χ4v) is 2.66. The van der Waals surface area contributed by atoms with Crippen LogP contribution in [0, 0.1) is 5.92 Å². The van der Waals surface area contributed by atoms with E-state index in [1.54, 1.807) is 0 Å². The second kappa shape index (κ2) is 4.60. The van der Waals surface area contributed by atoms with Crippen molar-refractivity contribution in [2.24, 2.45) is 5.92 Å². The summed E-state index contributed by atoms with van der Waals surface area (Å²) in [6.45, 7) is 2.69. The van der Waals surface area contributed by atoms with Crippen LogP contribution in [-0.2, 0) is 9.47 Å². The molecule has 0 amide bonds. The van der Waals surface area contributed by atoms with E-state index in [1.165, 1.54) is 19.3 Å². The van der Waals surface area contributed by atoms with Gasteiger partial charge in [0.05, 0.1) is 13.2 Å². The van der Waals surface area contributed by atoms with Crippen molar-refractivity contribution in [2.45, 2.75) is 37.9 Å². The van der Waals surface area contributed by atoms with Crippen molar-refractivity contribution in [2.75, 3.05) is 26.8 Å². The second-order valence-corrected chi connectivity index (χ2v) is 4.46. The smallest absolute Gasteiger partial charge is 0.168 e. The molecule has 2 aliphatic rings. The molecule has 1 atom stereocenters.